The summed E-state index contributed by atoms with van der Waals surface area (Å²) in [5.41, 5.74) is 4.79. The second-order valence-corrected chi connectivity index (χ2v) is 11.2. The van der Waals surface area contributed by atoms with Crippen LogP contribution in [0.15, 0.2) is 130 Å². The van der Waals surface area contributed by atoms with Gasteiger partial charge < -0.3 is 20.0 Å². The molecule has 2 aromatic heterocycles. The molecule has 0 aliphatic heterocycles. The molecular formula is C35H46N10+2. The van der Waals surface area contributed by atoms with Gasteiger partial charge in [-0.15, -0.1) is 5.11 Å². The zero-order valence-electron chi connectivity index (χ0n) is 27.2. The SMILES string of the molecule is CN(/C=C\NCCC[n+]1cccc(N=Nc2ccc(N(C)C)cc2)c1)CCC[n+]1ccccc1N=Nc1ccc(N(C)C)cc1. The van der Waals surface area contributed by atoms with E-state index < -0.39 is 0 Å². The fourth-order valence-corrected chi connectivity index (χ4v) is 4.50. The van der Waals surface area contributed by atoms with Crippen LogP contribution in [0.3, 0.4) is 0 Å². The van der Waals surface area contributed by atoms with Crippen molar-refractivity contribution in [2.45, 2.75) is 25.9 Å². The van der Waals surface area contributed by atoms with Crippen LogP contribution in [0.1, 0.15) is 12.8 Å². The van der Waals surface area contributed by atoms with E-state index in [4.69, 9.17) is 0 Å². The maximum atomic E-state index is 4.51. The van der Waals surface area contributed by atoms with Crippen LogP contribution in [0.25, 0.3) is 0 Å². The van der Waals surface area contributed by atoms with Crippen molar-refractivity contribution in [2.75, 3.05) is 58.1 Å². The van der Waals surface area contributed by atoms with Crippen LogP contribution in [-0.4, -0.2) is 53.2 Å². The van der Waals surface area contributed by atoms with E-state index in [2.05, 4.69) is 75.2 Å². The largest absolute Gasteiger partial charge is 0.389 e. The zero-order chi connectivity index (χ0) is 31.9. The molecule has 10 heteroatoms. The molecule has 0 aliphatic carbocycles. The molecule has 234 valence electrons. The predicted octanol–water partition coefficient (Wildman–Crippen LogP) is 6.70. The monoisotopic (exact) mass is 606 g/mol. The predicted molar refractivity (Wildman–Crippen MR) is 182 cm³/mol. The Kier molecular flexibility index (Phi) is 12.6. The number of nitrogens with zero attached hydrogens (tertiary/aromatic N) is 9. The smallest absolute Gasteiger partial charge is 0.350 e. The van der Waals surface area contributed by atoms with E-state index in [0.29, 0.717) is 0 Å². The second kappa shape index (κ2) is 17.2. The average molecular weight is 607 g/mol. The number of hydrogen-bond donors (Lipinski definition) is 1. The van der Waals surface area contributed by atoms with Gasteiger partial charge in [-0.1, -0.05) is 6.07 Å². The van der Waals surface area contributed by atoms with E-state index in [0.717, 1.165) is 73.3 Å². The Morgan fingerprint density at radius 1 is 0.644 bits per heavy atom. The summed E-state index contributed by atoms with van der Waals surface area (Å²) in [7, 11) is 10.2. The molecule has 2 aromatic carbocycles. The van der Waals surface area contributed by atoms with Gasteiger partial charge in [-0.05, 0) is 65.8 Å². The molecule has 0 saturated carbocycles. The fourth-order valence-electron chi connectivity index (χ4n) is 4.50. The third kappa shape index (κ3) is 11.1. The Hall–Kier alpha value is -5.12. The Balaban J connectivity index is 1.14. The lowest BCUT2D eigenvalue weighted by Crippen LogP contribution is -2.34. The van der Waals surface area contributed by atoms with Crippen molar-refractivity contribution < 1.29 is 9.13 Å². The van der Waals surface area contributed by atoms with E-state index in [1.54, 1.807) is 0 Å². The minimum Gasteiger partial charge on any atom is -0.389 e. The summed E-state index contributed by atoms with van der Waals surface area (Å²) in [6, 6.07) is 26.1. The first-order chi connectivity index (χ1) is 21.9. The molecule has 4 aromatic rings. The van der Waals surface area contributed by atoms with Gasteiger partial charge in [-0.25, -0.2) is 9.13 Å². The summed E-state index contributed by atoms with van der Waals surface area (Å²) in [4.78, 5) is 6.33. The lowest BCUT2D eigenvalue weighted by molar-refractivity contribution is -0.696. The molecule has 0 atom stereocenters. The van der Waals surface area contributed by atoms with E-state index in [1.165, 1.54) is 0 Å². The molecule has 0 saturated heterocycles. The summed E-state index contributed by atoms with van der Waals surface area (Å²) in [5.74, 6) is 0.843. The van der Waals surface area contributed by atoms with Gasteiger partial charge in [0.15, 0.2) is 12.4 Å². The Morgan fingerprint density at radius 3 is 1.96 bits per heavy atom. The molecule has 0 aliphatic rings. The first-order valence-corrected chi connectivity index (χ1v) is 15.3. The average Bonchev–Trinajstić information content (AvgIpc) is 3.05. The summed E-state index contributed by atoms with van der Waals surface area (Å²) in [5, 5.41) is 21.1. The quantitative estimate of drug-likeness (QED) is 0.0875. The molecule has 4 rings (SSSR count). The number of hydrogen-bond acceptors (Lipinski definition) is 8. The molecule has 0 spiro atoms. The Bertz CT molecular complexity index is 1540. The van der Waals surface area contributed by atoms with Crippen molar-refractivity contribution in [3.8, 4) is 0 Å². The zero-order valence-corrected chi connectivity index (χ0v) is 27.2. The van der Waals surface area contributed by atoms with E-state index in [-0.39, 0.29) is 0 Å². The van der Waals surface area contributed by atoms with Crippen LogP contribution in [-0.2, 0) is 13.1 Å². The molecular weight excluding hydrogens is 560 g/mol. The standard InChI is InChI=1S/C35H46N10/c1-41(2)33-17-13-30(14-18-33)37-39-32-11-8-24-44(29-32)25-9-21-36-22-28-43(5)23-10-27-45-26-7-6-12-35(45)40-38-31-15-19-34(20-16-31)42(3)4/h6-8,11-20,22,24,26,28-29,36H,9-10,21,23,25,27H2,1-5H3/q+2/b28-22-,39-37?. The van der Waals surface area contributed by atoms with Crippen molar-refractivity contribution >= 4 is 34.3 Å². The lowest BCUT2D eigenvalue weighted by atomic mass is 10.3. The highest BCUT2D eigenvalue weighted by atomic mass is 15.2. The number of aryl methyl sites for hydroxylation is 2. The normalized spacial score (nSPS) is 11.5. The van der Waals surface area contributed by atoms with Gasteiger partial charge in [0.1, 0.15) is 17.9 Å². The molecule has 0 amide bonds. The van der Waals surface area contributed by atoms with Gasteiger partial charge in [0, 0.05) is 97.1 Å². The lowest BCUT2D eigenvalue weighted by Gasteiger charge is -2.13. The molecule has 0 unspecified atom stereocenters. The van der Waals surface area contributed by atoms with Crippen molar-refractivity contribution in [2.24, 2.45) is 20.5 Å². The number of aromatic nitrogens is 2. The van der Waals surface area contributed by atoms with Crippen LogP contribution in [0.4, 0.5) is 34.3 Å². The van der Waals surface area contributed by atoms with E-state index in [1.807, 2.05) is 119 Å². The van der Waals surface area contributed by atoms with Crippen molar-refractivity contribution in [3.63, 3.8) is 0 Å². The third-order valence-corrected chi connectivity index (χ3v) is 7.13. The van der Waals surface area contributed by atoms with Gasteiger partial charge >= 0.3 is 5.82 Å². The van der Waals surface area contributed by atoms with E-state index in [9.17, 15) is 0 Å². The highest BCUT2D eigenvalue weighted by molar-refractivity contribution is 5.52. The number of benzene rings is 2. The molecule has 0 fully saturated rings. The number of rotatable bonds is 16. The summed E-state index contributed by atoms with van der Waals surface area (Å²) in [6.45, 7) is 3.57. The molecule has 45 heavy (non-hydrogen) atoms. The molecule has 2 heterocycles. The van der Waals surface area contributed by atoms with Crippen LogP contribution < -0.4 is 24.3 Å². The third-order valence-electron chi connectivity index (χ3n) is 7.13. The summed E-state index contributed by atoms with van der Waals surface area (Å²) in [6.07, 6.45) is 12.2. The van der Waals surface area contributed by atoms with E-state index >= 15 is 0 Å². The van der Waals surface area contributed by atoms with Gasteiger partial charge in [0.25, 0.3) is 0 Å². The van der Waals surface area contributed by atoms with Crippen LogP contribution in [0, 0.1) is 0 Å². The van der Waals surface area contributed by atoms with Gasteiger partial charge in [0.2, 0.25) is 0 Å². The highest BCUT2D eigenvalue weighted by Crippen LogP contribution is 2.21. The van der Waals surface area contributed by atoms with Gasteiger partial charge in [-0.2, -0.15) is 5.11 Å². The number of pyridine rings is 2. The molecule has 0 radical (unpaired) electrons. The van der Waals surface area contributed by atoms with Crippen molar-refractivity contribution in [3.05, 3.63) is 110 Å². The van der Waals surface area contributed by atoms with Crippen LogP contribution >= 0.6 is 0 Å². The summed E-state index contributed by atoms with van der Waals surface area (Å²) < 4.78 is 4.29. The Morgan fingerprint density at radius 2 is 1.29 bits per heavy atom. The minimum absolute atomic E-state index is 0.836. The van der Waals surface area contributed by atoms with Crippen LogP contribution in [0.2, 0.25) is 0 Å². The second-order valence-electron chi connectivity index (χ2n) is 11.2. The molecule has 10 nitrogen and oxygen atoms in total. The Labute approximate surface area is 267 Å². The number of anilines is 2. The van der Waals surface area contributed by atoms with Crippen molar-refractivity contribution in [1.29, 1.82) is 0 Å². The van der Waals surface area contributed by atoms with Crippen molar-refractivity contribution in [1.82, 2.24) is 10.2 Å². The maximum absolute atomic E-state index is 4.51. The first kappa shape index (κ1) is 32.8. The van der Waals surface area contributed by atoms with Gasteiger partial charge in [0.05, 0.1) is 23.5 Å². The minimum atomic E-state index is 0.836. The first-order valence-electron chi connectivity index (χ1n) is 15.3. The number of nitrogens with one attached hydrogen (secondary N) is 1. The summed E-state index contributed by atoms with van der Waals surface area (Å²) >= 11 is 0. The maximum Gasteiger partial charge on any atom is 0.350 e. The highest BCUT2D eigenvalue weighted by Gasteiger charge is 2.09. The number of azo groups is 2. The molecule has 1 N–H and O–H groups in total. The van der Waals surface area contributed by atoms with Crippen LogP contribution in [0.5, 0.6) is 0 Å². The van der Waals surface area contributed by atoms with Gasteiger partial charge in [-0.3, -0.25) is 0 Å². The fraction of sp³-hybridized carbons (Fsp3) is 0.314. The topological polar surface area (TPSA) is 79.0 Å². The molecule has 0 bridgehead atoms.